The first-order valence-corrected chi connectivity index (χ1v) is 12.2. The van der Waals surface area contributed by atoms with Gasteiger partial charge in [-0.15, -0.1) is 0 Å². The van der Waals surface area contributed by atoms with Crippen LogP contribution in [0.4, 0.5) is 0 Å². The maximum absolute atomic E-state index is 13.2. The fourth-order valence-electron chi connectivity index (χ4n) is 5.17. The zero-order valence-electron chi connectivity index (χ0n) is 19.2. The number of likely N-dealkylation sites (tertiary alicyclic amines) is 1. The first-order valence-electron chi connectivity index (χ1n) is 12.2. The highest BCUT2D eigenvalue weighted by molar-refractivity contribution is 5.79. The van der Waals surface area contributed by atoms with Crippen LogP contribution in [0, 0.1) is 0 Å². The summed E-state index contributed by atoms with van der Waals surface area (Å²) >= 11 is 0. The highest BCUT2D eigenvalue weighted by Gasteiger charge is 2.32. The molecule has 0 spiro atoms. The summed E-state index contributed by atoms with van der Waals surface area (Å²) in [5.74, 6) is 1.93. The van der Waals surface area contributed by atoms with E-state index in [4.69, 9.17) is 14.2 Å². The Morgan fingerprint density at radius 2 is 1.45 bits per heavy atom. The number of piperazine rings is 1. The molecule has 9 nitrogen and oxygen atoms in total. The molecule has 0 bridgehead atoms. The number of benzene rings is 1. The van der Waals surface area contributed by atoms with Gasteiger partial charge in [0.15, 0.2) is 11.5 Å². The lowest BCUT2D eigenvalue weighted by Gasteiger charge is -2.36. The number of fused-ring (bicyclic) bond motifs is 1. The van der Waals surface area contributed by atoms with E-state index in [1.54, 1.807) is 0 Å². The molecule has 0 aliphatic carbocycles. The molecule has 0 aromatic heterocycles. The second-order valence-electron chi connectivity index (χ2n) is 9.19. The monoisotopic (exact) mass is 458 g/mol. The van der Waals surface area contributed by atoms with Crippen LogP contribution < -0.4 is 9.47 Å². The van der Waals surface area contributed by atoms with Crippen molar-refractivity contribution in [2.24, 2.45) is 0 Å². The van der Waals surface area contributed by atoms with Gasteiger partial charge in [0.25, 0.3) is 0 Å². The van der Waals surface area contributed by atoms with E-state index < -0.39 is 0 Å². The number of rotatable bonds is 5. The molecule has 4 aliphatic heterocycles. The summed E-state index contributed by atoms with van der Waals surface area (Å²) in [7, 11) is 0. The summed E-state index contributed by atoms with van der Waals surface area (Å²) < 4.78 is 16.7. The molecule has 4 aliphatic rings. The van der Waals surface area contributed by atoms with Crippen molar-refractivity contribution < 1.29 is 23.8 Å². The molecule has 3 fully saturated rings. The predicted octanol–water partition coefficient (Wildman–Crippen LogP) is 0.598. The molecule has 1 atom stereocenters. The van der Waals surface area contributed by atoms with Crippen molar-refractivity contribution in [3.05, 3.63) is 23.8 Å². The van der Waals surface area contributed by atoms with Crippen LogP contribution in [-0.2, 0) is 14.3 Å². The number of hydrogen-bond donors (Lipinski definition) is 0. The minimum absolute atomic E-state index is 0.0979. The quantitative estimate of drug-likeness (QED) is 0.640. The molecule has 0 N–H and O–H groups in total. The van der Waals surface area contributed by atoms with Gasteiger partial charge in [0.05, 0.1) is 32.3 Å². The second-order valence-corrected chi connectivity index (χ2v) is 9.19. The SMILES string of the molecule is O=C(CN1CCN(CC(=O)N2CCC[C@H]2c2ccc3c(c2)OCCO3)CC1)N1CCOCC1. The molecule has 0 saturated carbocycles. The van der Waals surface area contributed by atoms with E-state index in [9.17, 15) is 9.59 Å². The first-order chi connectivity index (χ1) is 16.2. The van der Waals surface area contributed by atoms with Crippen molar-refractivity contribution in [1.82, 2.24) is 19.6 Å². The van der Waals surface area contributed by atoms with Crippen LogP contribution in [0.1, 0.15) is 24.4 Å². The summed E-state index contributed by atoms with van der Waals surface area (Å²) in [5.41, 5.74) is 1.12. The topological polar surface area (TPSA) is 74.8 Å². The van der Waals surface area contributed by atoms with Gasteiger partial charge >= 0.3 is 0 Å². The molecular formula is C24H34N4O5. The lowest BCUT2D eigenvalue weighted by atomic mass is 10.0. The van der Waals surface area contributed by atoms with Crippen LogP contribution in [0.15, 0.2) is 18.2 Å². The number of nitrogens with zero attached hydrogens (tertiary/aromatic N) is 4. The van der Waals surface area contributed by atoms with Gasteiger partial charge < -0.3 is 24.0 Å². The van der Waals surface area contributed by atoms with Gasteiger partial charge in [0, 0.05) is 45.8 Å². The molecule has 3 saturated heterocycles. The Bertz CT molecular complexity index is 851. The van der Waals surface area contributed by atoms with Gasteiger partial charge in [-0.1, -0.05) is 6.07 Å². The molecular weight excluding hydrogens is 424 g/mol. The van der Waals surface area contributed by atoms with Gasteiger partial charge in [0.2, 0.25) is 11.8 Å². The Morgan fingerprint density at radius 3 is 2.18 bits per heavy atom. The van der Waals surface area contributed by atoms with E-state index in [0.29, 0.717) is 52.6 Å². The Morgan fingerprint density at radius 1 is 0.788 bits per heavy atom. The van der Waals surface area contributed by atoms with Crippen molar-refractivity contribution in [2.45, 2.75) is 18.9 Å². The molecule has 4 heterocycles. The Balaban J connectivity index is 1.11. The summed E-state index contributed by atoms with van der Waals surface area (Å²) in [5, 5.41) is 0. The van der Waals surface area contributed by atoms with Crippen molar-refractivity contribution in [3.63, 3.8) is 0 Å². The predicted molar refractivity (Wildman–Crippen MR) is 121 cm³/mol. The Labute approximate surface area is 195 Å². The van der Waals surface area contributed by atoms with Crippen molar-refractivity contribution in [2.75, 3.05) is 85.3 Å². The average Bonchev–Trinajstić information content (AvgIpc) is 3.36. The van der Waals surface area contributed by atoms with Crippen molar-refractivity contribution in [3.8, 4) is 11.5 Å². The molecule has 0 radical (unpaired) electrons. The standard InChI is InChI=1S/C24H34N4O5/c29-23(27-10-12-31-13-11-27)17-25-6-8-26(9-7-25)18-24(30)28-5-1-2-20(28)19-3-4-21-22(16-19)33-15-14-32-21/h3-4,16,20H,1-2,5-15,17-18H2/t20-/m0/s1. The van der Waals surface area contributed by atoms with Crippen LogP contribution in [-0.4, -0.2) is 117 Å². The third kappa shape index (κ3) is 5.26. The smallest absolute Gasteiger partial charge is 0.237 e. The molecule has 180 valence electrons. The molecule has 1 aromatic rings. The van der Waals surface area contributed by atoms with E-state index in [1.165, 1.54) is 0 Å². The van der Waals surface area contributed by atoms with Crippen molar-refractivity contribution in [1.29, 1.82) is 0 Å². The highest BCUT2D eigenvalue weighted by Crippen LogP contribution is 2.38. The maximum atomic E-state index is 13.2. The molecule has 5 rings (SSSR count). The average molecular weight is 459 g/mol. The van der Waals surface area contributed by atoms with Gasteiger partial charge in [-0.25, -0.2) is 0 Å². The zero-order valence-corrected chi connectivity index (χ0v) is 19.2. The minimum atomic E-state index is 0.0979. The largest absolute Gasteiger partial charge is 0.486 e. The third-order valence-electron chi connectivity index (χ3n) is 7.07. The van der Waals surface area contributed by atoms with Gasteiger partial charge in [-0.05, 0) is 30.5 Å². The van der Waals surface area contributed by atoms with E-state index in [-0.39, 0.29) is 17.9 Å². The lowest BCUT2D eigenvalue weighted by Crippen LogP contribution is -2.53. The number of ether oxygens (including phenoxy) is 3. The van der Waals surface area contributed by atoms with Crippen LogP contribution in [0.5, 0.6) is 11.5 Å². The molecule has 9 heteroatoms. The Kier molecular flexibility index (Phi) is 6.99. The number of amides is 2. The molecule has 2 amide bonds. The summed E-state index contributed by atoms with van der Waals surface area (Å²) in [6, 6.07) is 6.16. The third-order valence-corrected chi connectivity index (χ3v) is 7.07. The van der Waals surface area contributed by atoms with E-state index in [2.05, 4.69) is 15.9 Å². The number of carbonyl (C=O) groups excluding carboxylic acids is 2. The lowest BCUT2D eigenvalue weighted by molar-refractivity contribution is -0.138. The normalized spacial score (nSPS) is 24.2. The summed E-state index contributed by atoms with van der Waals surface area (Å²) in [4.78, 5) is 34.0. The summed E-state index contributed by atoms with van der Waals surface area (Å²) in [6.07, 6.45) is 1.99. The molecule has 1 aromatic carbocycles. The maximum Gasteiger partial charge on any atom is 0.237 e. The fraction of sp³-hybridized carbons (Fsp3) is 0.667. The van der Waals surface area contributed by atoms with E-state index in [0.717, 1.165) is 62.6 Å². The zero-order chi connectivity index (χ0) is 22.6. The van der Waals surface area contributed by atoms with Gasteiger partial charge in [-0.3, -0.25) is 19.4 Å². The Hall–Kier alpha value is -2.36. The van der Waals surface area contributed by atoms with E-state index in [1.807, 2.05) is 21.9 Å². The fourth-order valence-corrected chi connectivity index (χ4v) is 5.17. The number of hydrogen-bond acceptors (Lipinski definition) is 7. The number of morpholine rings is 1. The summed E-state index contributed by atoms with van der Waals surface area (Å²) in [6.45, 7) is 8.72. The molecule has 0 unspecified atom stereocenters. The highest BCUT2D eigenvalue weighted by atomic mass is 16.6. The molecule has 33 heavy (non-hydrogen) atoms. The first kappa shape index (κ1) is 22.4. The van der Waals surface area contributed by atoms with Gasteiger partial charge in [0.1, 0.15) is 13.2 Å². The number of carbonyl (C=O) groups is 2. The van der Waals surface area contributed by atoms with Gasteiger partial charge in [-0.2, -0.15) is 0 Å². The van der Waals surface area contributed by atoms with Crippen LogP contribution in [0.25, 0.3) is 0 Å². The van der Waals surface area contributed by atoms with E-state index >= 15 is 0 Å². The van der Waals surface area contributed by atoms with Crippen LogP contribution >= 0.6 is 0 Å². The minimum Gasteiger partial charge on any atom is -0.486 e. The van der Waals surface area contributed by atoms with Crippen LogP contribution in [0.2, 0.25) is 0 Å². The second kappa shape index (κ2) is 10.3. The van der Waals surface area contributed by atoms with Crippen molar-refractivity contribution >= 4 is 11.8 Å². The van der Waals surface area contributed by atoms with Crippen LogP contribution in [0.3, 0.4) is 0 Å².